The smallest absolute Gasteiger partial charge is 0.124 e. The summed E-state index contributed by atoms with van der Waals surface area (Å²) in [6.07, 6.45) is 1.14. The Morgan fingerprint density at radius 1 is 1.26 bits per heavy atom. The molecule has 5 heteroatoms. The van der Waals surface area contributed by atoms with Crippen molar-refractivity contribution in [2.45, 2.75) is 18.6 Å². The van der Waals surface area contributed by atoms with Crippen LogP contribution in [0.15, 0.2) is 22.7 Å². The average Bonchev–Trinajstić information content (AvgIpc) is 2.46. The third-order valence-corrected chi connectivity index (χ3v) is 3.98. The van der Waals surface area contributed by atoms with Gasteiger partial charge in [-0.15, -0.1) is 0 Å². The minimum Gasteiger partial charge on any atom is -0.493 e. The van der Waals surface area contributed by atoms with Crippen LogP contribution in [-0.2, 0) is 9.47 Å². The first kappa shape index (κ1) is 13.4. The molecule has 0 saturated carbocycles. The summed E-state index contributed by atoms with van der Waals surface area (Å²) in [4.78, 5) is 0. The quantitative estimate of drug-likeness (QED) is 0.924. The van der Waals surface area contributed by atoms with Gasteiger partial charge in [-0.05, 0) is 18.2 Å². The molecule has 104 valence electrons. The second-order valence-electron chi connectivity index (χ2n) is 4.85. The molecule has 1 aromatic rings. The molecule has 0 radical (unpaired) electrons. The highest BCUT2D eigenvalue weighted by Gasteiger charge is 2.23. The van der Waals surface area contributed by atoms with Crippen molar-refractivity contribution >= 4 is 15.9 Å². The number of ether oxygens (including phenoxy) is 3. The number of nitrogens with one attached hydrogen (secondary N) is 1. The largest absolute Gasteiger partial charge is 0.493 e. The zero-order valence-electron chi connectivity index (χ0n) is 10.7. The van der Waals surface area contributed by atoms with Crippen LogP contribution >= 0.6 is 15.9 Å². The van der Waals surface area contributed by atoms with Gasteiger partial charge in [-0.3, -0.25) is 0 Å². The van der Waals surface area contributed by atoms with Crippen LogP contribution in [0.1, 0.15) is 18.0 Å². The van der Waals surface area contributed by atoms with Crippen LogP contribution < -0.4 is 10.1 Å². The van der Waals surface area contributed by atoms with E-state index in [0.717, 1.165) is 29.8 Å². The lowest BCUT2D eigenvalue weighted by Crippen LogP contribution is -2.39. The molecule has 0 amide bonds. The molecular weight excluding hydrogens is 310 g/mol. The Labute approximate surface area is 121 Å². The Morgan fingerprint density at radius 2 is 2.21 bits per heavy atom. The molecule has 2 heterocycles. The predicted octanol–water partition coefficient (Wildman–Crippen LogP) is 2.28. The fraction of sp³-hybridized carbons (Fsp3) is 0.571. The number of halogens is 1. The lowest BCUT2D eigenvalue weighted by atomic mass is 10.0. The zero-order valence-corrected chi connectivity index (χ0v) is 12.3. The van der Waals surface area contributed by atoms with E-state index >= 15 is 0 Å². The third kappa shape index (κ3) is 3.28. The summed E-state index contributed by atoms with van der Waals surface area (Å²) < 4.78 is 17.8. The molecular formula is C14H18BrNO3. The predicted molar refractivity (Wildman–Crippen MR) is 75.6 cm³/mol. The van der Waals surface area contributed by atoms with Crippen molar-refractivity contribution in [3.05, 3.63) is 28.2 Å². The van der Waals surface area contributed by atoms with Gasteiger partial charge >= 0.3 is 0 Å². The third-order valence-electron chi connectivity index (χ3n) is 3.49. The van der Waals surface area contributed by atoms with Gasteiger partial charge in [-0.2, -0.15) is 0 Å². The van der Waals surface area contributed by atoms with E-state index in [9.17, 15) is 0 Å². The van der Waals surface area contributed by atoms with Gasteiger partial charge in [-0.1, -0.05) is 15.9 Å². The number of rotatable bonds is 3. The summed E-state index contributed by atoms with van der Waals surface area (Å²) in [7, 11) is 0. The van der Waals surface area contributed by atoms with Gasteiger partial charge in [0.15, 0.2) is 0 Å². The van der Waals surface area contributed by atoms with Crippen LogP contribution in [0.3, 0.4) is 0 Å². The first-order valence-electron chi connectivity index (χ1n) is 6.68. The van der Waals surface area contributed by atoms with E-state index < -0.39 is 0 Å². The number of fused-ring (bicyclic) bond motifs is 1. The van der Waals surface area contributed by atoms with E-state index in [-0.39, 0.29) is 6.10 Å². The fourth-order valence-corrected chi connectivity index (χ4v) is 2.88. The highest BCUT2D eigenvalue weighted by Crippen LogP contribution is 2.34. The molecule has 19 heavy (non-hydrogen) atoms. The van der Waals surface area contributed by atoms with E-state index in [1.165, 1.54) is 5.56 Å². The zero-order chi connectivity index (χ0) is 13.1. The Kier molecular flexibility index (Phi) is 4.38. The van der Waals surface area contributed by atoms with Crippen molar-refractivity contribution in [1.29, 1.82) is 0 Å². The summed E-state index contributed by atoms with van der Waals surface area (Å²) in [6.45, 7) is 3.66. The van der Waals surface area contributed by atoms with E-state index in [1.807, 2.05) is 12.1 Å². The van der Waals surface area contributed by atoms with Gasteiger partial charge in [0.1, 0.15) is 5.75 Å². The van der Waals surface area contributed by atoms with Crippen molar-refractivity contribution in [1.82, 2.24) is 5.32 Å². The maximum atomic E-state index is 5.68. The van der Waals surface area contributed by atoms with E-state index in [4.69, 9.17) is 14.2 Å². The Hall–Kier alpha value is -0.620. The second-order valence-corrected chi connectivity index (χ2v) is 5.76. The molecule has 0 bridgehead atoms. The second kappa shape index (κ2) is 6.22. The highest BCUT2D eigenvalue weighted by molar-refractivity contribution is 9.10. The summed E-state index contributed by atoms with van der Waals surface area (Å²) in [5, 5.41) is 3.57. The molecule has 1 fully saturated rings. The average molecular weight is 328 g/mol. The van der Waals surface area contributed by atoms with E-state index in [1.54, 1.807) is 0 Å². The standard InChI is InChI=1S/C14H18BrNO3/c15-10-1-2-14-12(7-10)13(3-4-19-14)16-8-11-9-17-5-6-18-11/h1-2,7,11,13,16H,3-6,8-9H2. The summed E-state index contributed by atoms with van der Waals surface area (Å²) in [5.74, 6) is 0.979. The number of benzene rings is 1. The van der Waals surface area contributed by atoms with E-state index in [0.29, 0.717) is 25.9 Å². The Bertz CT molecular complexity index is 435. The van der Waals surface area contributed by atoms with Gasteiger partial charge < -0.3 is 19.5 Å². The van der Waals surface area contributed by atoms with Gasteiger partial charge in [0, 0.05) is 29.0 Å². The topological polar surface area (TPSA) is 39.7 Å². The van der Waals surface area contributed by atoms with Crippen LogP contribution in [0.5, 0.6) is 5.75 Å². The molecule has 4 nitrogen and oxygen atoms in total. The van der Waals surface area contributed by atoms with Crippen molar-refractivity contribution in [2.75, 3.05) is 33.0 Å². The summed E-state index contributed by atoms with van der Waals surface area (Å²) in [6, 6.07) is 6.49. The molecule has 2 atom stereocenters. The lowest BCUT2D eigenvalue weighted by Gasteiger charge is -2.30. The van der Waals surface area contributed by atoms with Crippen molar-refractivity contribution in [3.63, 3.8) is 0 Å². The van der Waals surface area contributed by atoms with Gasteiger partial charge in [-0.25, -0.2) is 0 Å². The first-order chi connectivity index (χ1) is 9.33. The van der Waals surface area contributed by atoms with Gasteiger partial charge in [0.05, 0.1) is 32.5 Å². The molecule has 1 saturated heterocycles. The van der Waals surface area contributed by atoms with Crippen LogP contribution in [0.4, 0.5) is 0 Å². The molecule has 1 N–H and O–H groups in total. The minimum atomic E-state index is 0.159. The SMILES string of the molecule is Brc1ccc2c(c1)C(NCC1COCCO1)CCO2. The van der Waals surface area contributed by atoms with E-state index in [2.05, 4.69) is 27.3 Å². The molecule has 3 rings (SSSR count). The number of hydrogen-bond donors (Lipinski definition) is 1. The molecule has 1 aromatic carbocycles. The highest BCUT2D eigenvalue weighted by atomic mass is 79.9. The summed E-state index contributed by atoms with van der Waals surface area (Å²) in [5.41, 5.74) is 1.22. The molecule has 2 aliphatic rings. The molecule has 2 unspecified atom stereocenters. The Morgan fingerprint density at radius 3 is 3.05 bits per heavy atom. The fourth-order valence-electron chi connectivity index (χ4n) is 2.51. The molecule has 0 aromatic heterocycles. The normalized spacial score (nSPS) is 26.6. The van der Waals surface area contributed by atoms with Crippen LogP contribution in [0.2, 0.25) is 0 Å². The molecule has 0 spiro atoms. The van der Waals surface area contributed by atoms with Crippen molar-refractivity contribution in [2.24, 2.45) is 0 Å². The summed E-state index contributed by atoms with van der Waals surface area (Å²) >= 11 is 3.52. The maximum absolute atomic E-state index is 5.68. The number of hydrogen-bond acceptors (Lipinski definition) is 4. The molecule has 2 aliphatic heterocycles. The van der Waals surface area contributed by atoms with Gasteiger partial charge in [0.25, 0.3) is 0 Å². The van der Waals surface area contributed by atoms with Crippen molar-refractivity contribution in [3.8, 4) is 5.75 Å². The Balaban J connectivity index is 1.64. The lowest BCUT2D eigenvalue weighted by molar-refractivity contribution is -0.0873. The van der Waals surface area contributed by atoms with Crippen LogP contribution in [-0.4, -0.2) is 39.1 Å². The monoisotopic (exact) mass is 327 g/mol. The molecule has 0 aliphatic carbocycles. The van der Waals surface area contributed by atoms with Crippen LogP contribution in [0, 0.1) is 0 Å². The first-order valence-corrected chi connectivity index (χ1v) is 7.47. The maximum Gasteiger partial charge on any atom is 0.124 e. The minimum absolute atomic E-state index is 0.159. The van der Waals surface area contributed by atoms with Crippen molar-refractivity contribution < 1.29 is 14.2 Å². The van der Waals surface area contributed by atoms with Crippen LogP contribution in [0.25, 0.3) is 0 Å². The van der Waals surface area contributed by atoms with Gasteiger partial charge in [0.2, 0.25) is 0 Å².